The fraction of sp³-hybridized carbons (Fsp3) is 0.357. The van der Waals surface area contributed by atoms with Gasteiger partial charge in [0.05, 0.1) is 4.47 Å². The summed E-state index contributed by atoms with van der Waals surface area (Å²) in [7, 11) is 0. The lowest BCUT2D eigenvalue weighted by Gasteiger charge is -2.19. The summed E-state index contributed by atoms with van der Waals surface area (Å²) in [5, 5.41) is 0.210. The van der Waals surface area contributed by atoms with Gasteiger partial charge in [0.1, 0.15) is 0 Å². The van der Waals surface area contributed by atoms with Crippen LogP contribution in [0, 0.1) is 0 Å². The molecule has 0 radical (unpaired) electrons. The van der Waals surface area contributed by atoms with E-state index in [0.717, 1.165) is 18.2 Å². The Hall–Kier alpha value is -1.35. The van der Waals surface area contributed by atoms with E-state index in [4.69, 9.17) is 4.42 Å². The Kier molecular flexibility index (Phi) is 4.50. The number of rotatable bonds is 3. The number of aromatic nitrogens is 2. The summed E-state index contributed by atoms with van der Waals surface area (Å²) in [4.78, 5) is 18.6. The van der Waals surface area contributed by atoms with Gasteiger partial charge < -0.3 is 4.42 Å². The first kappa shape index (κ1) is 16.5. The lowest BCUT2D eigenvalue weighted by molar-refractivity contribution is -0.142. The largest absolute Gasteiger partial charge is 0.445 e. The van der Waals surface area contributed by atoms with Crippen LogP contribution < -0.4 is 0 Å². The van der Waals surface area contributed by atoms with Crippen LogP contribution in [0.15, 0.2) is 25.2 Å². The van der Waals surface area contributed by atoms with E-state index in [2.05, 4.69) is 25.9 Å². The van der Waals surface area contributed by atoms with E-state index >= 15 is 0 Å². The van der Waals surface area contributed by atoms with Gasteiger partial charge in [0.15, 0.2) is 28.0 Å². The molecule has 9 heteroatoms. The first-order valence-electron chi connectivity index (χ1n) is 6.78. The molecule has 3 rings (SSSR count). The third-order valence-corrected chi connectivity index (χ3v) is 5.11. The zero-order valence-corrected chi connectivity index (χ0v) is 14.0. The fourth-order valence-electron chi connectivity index (χ4n) is 2.43. The fourth-order valence-corrected chi connectivity index (χ4v) is 3.73. The van der Waals surface area contributed by atoms with Gasteiger partial charge in [-0.25, -0.2) is 9.97 Å². The molecule has 0 aliphatic heterocycles. The van der Waals surface area contributed by atoms with Crippen LogP contribution in [0.4, 0.5) is 13.2 Å². The van der Waals surface area contributed by atoms with Crippen molar-refractivity contribution in [2.45, 2.75) is 42.1 Å². The summed E-state index contributed by atoms with van der Waals surface area (Å²) in [6.45, 7) is 0. The SMILES string of the molecule is O=Cc1cc(Br)c(Sc2nc3c(c(C(F)(F)F)n2)CCCC3)o1. The zero-order chi connectivity index (χ0) is 16.6. The first-order chi connectivity index (χ1) is 10.9. The number of nitrogens with zero attached hydrogens (tertiary/aromatic N) is 2. The Morgan fingerprint density at radius 1 is 1.26 bits per heavy atom. The van der Waals surface area contributed by atoms with Gasteiger partial charge in [-0.05, 0) is 53.4 Å². The smallest absolute Gasteiger partial charge is 0.433 e. The highest BCUT2D eigenvalue weighted by Crippen LogP contribution is 2.39. The second-order valence-electron chi connectivity index (χ2n) is 4.99. The highest BCUT2D eigenvalue weighted by atomic mass is 79.9. The topological polar surface area (TPSA) is 56.0 Å². The van der Waals surface area contributed by atoms with Gasteiger partial charge in [0, 0.05) is 17.3 Å². The van der Waals surface area contributed by atoms with Crippen LogP contribution in [0.3, 0.4) is 0 Å². The third kappa shape index (κ3) is 3.45. The van der Waals surface area contributed by atoms with Gasteiger partial charge in [-0.1, -0.05) is 0 Å². The molecule has 0 amide bonds. The van der Waals surface area contributed by atoms with Crippen molar-refractivity contribution in [1.29, 1.82) is 0 Å². The molecule has 1 aliphatic carbocycles. The Labute approximate surface area is 142 Å². The predicted molar refractivity (Wildman–Crippen MR) is 79.6 cm³/mol. The Bertz CT molecular complexity index is 761. The van der Waals surface area contributed by atoms with Gasteiger partial charge in [-0.3, -0.25) is 4.79 Å². The van der Waals surface area contributed by atoms with Gasteiger partial charge in [-0.2, -0.15) is 13.2 Å². The van der Waals surface area contributed by atoms with E-state index in [1.807, 2.05) is 0 Å². The molecule has 1 aliphatic rings. The minimum Gasteiger partial charge on any atom is -0.445 e. The lowest BCUT2D eigenvalue weighted by atomic mass is 9.94. The zero-order valence-electron chi connectivity index (χ0n) is 11.6. The molecule has 0 spiro atoms. The van der Waals surface area contributed by atoms with Crippen molar-refractivity contribution in [2.24, 2.45) is 0 Å². The molecule has 0 fully saturated rings. The van der Waals surface area contributed by atoms with Crippen molar-refractivity contribution in [3.8, 4) is 0 Å². The molecular weight excluding hydrogens is 397 g/mol. The molecular formula is C14H10BrF3N2O2S. The van der Waals surface area contributed by atoms with Gasteiger partial charge in [0.25, 0.3) is 0 Å². The number of aldehydes is 1. The lowest BCUT2D eigenvalue weighted by Crippen LogP contribution is -2.19. The number of aryl methyl sites for hydroxylation is 1. The van der Waals surface area contributed by atoms with Gasteiger partial charge >= 0.3 is 6.18 Å². The maximum Gasteiger partial charge on any atom is 0.433 e. The van der Waals surface area contributed by atoms with Crippen LogP contribution in [0.2, 0.25) is 0 Å². The van der Waals surface area contributed by atoms with E-state index in [1.54, 1.807) is 0 Å². The molecule has 0 aromatic carbocycles. The second kappa shape index (κ2) is 6.27. The molecule has 0 saturated heterocycles. The van der Waals surface area contributed by atoms with Crippen LogP contribution in [0.1, 0.15) is 40.3 Å². The van der Waals surface area contributed by atoms with Crippen molar-refractivity contribution in [2.75, 3.05) is 0 Å². The van der Waals surface area contributed by atoms with Gasteiger partial charge in [0.2, 0.25) is 0 Å². The third-order valence-electron chi connectivity index (χ3n) is 3.41. The van der Waals surface area contributed by atoms with Crippen molar-refractivity contribution >= 4 is 34.0 Å². The Morgan fingerprint density at radius 2 is 2.00 bits per heavy atom. The van der Waals surface area contributed by atoms with E-state index in [-0.39, 0.29) is 21.6 Å². The number of hydrogen-bond acceptors (Lipinski definition) is 5. The van der Waals surface area contributed by atoms with Crippen molar-refractivity contribution in [3.63, 3.8) is 0 Å². The molecule has 122 valence electrons. The second-order valence-corrected chi connectivity index (χ2v) is 6.78. The summed E-state index contributed by atoms with van der Waals surface area (Å²) >= 11 is 4.06. The number of furan rings is 1. The van der Waals surface area contributed by atoms with E-state index in [1.165, 1.54) is 6.07 Å². The number of carbonyl (C=O) groups excluding carboxylic acids is 1. The molecule has 2 aromatic rings. The highest BCUT2D eigenvalue weighted by molar-refractivity contribution is 9.10. The molecule has 0 atom stereocenters. The van der Waals surface area contributed by atoms with Crippen LogP contribution in [-0.2, 0) is 19.0 Å². The molecule has 0 bridgehead atoms. The number of halogens is 4. The van der Waals surface area contributed by atoms with Crippen LogP contribution in [0.5, 0.6) is 0 Å². The number of fused-ring (bicyclic) bond motifs is 1. The molecule has 2 heterocycles. The molecule has 0 saturated carbocycles. The minimum absolute atomic E-state index is 0.0366. The van der Waals surface area contributed by atoms with Crippen LogP contribution in [-0.4, -0.2) is 16.3 Å². The number of hydrogen-bond donors (Lipinski definition) is 0. The maximum absolute atomic E-state index is 13.3. The molecule has 0 N–H and O–H groups in total. The molecule has 4 nitrogen and oxygen atoms in total. The summed E-state index contributed by atoms with van der Waals surface area (Å²) in [6.07, 6.45) is -1.64. The minimum atomic E-state index is -4.52. The Morgan fingerprint density at radius 3 is 2.65 bits per heavy atom. The molecule has 2 aromatic heterocycles. The standard InChI is InChI=1S/C14H10BrF3N2O2S/c15-9-5-7(6-21)22-12(9)23-13-19-10-4-2-1-3-8(10)11(20-13)14(16,17)18/h5-6H,1-4H2. The van der Waals surface area contributed by atoms with Crippen LogP contribution in [0.25, 0.3) is 0 Å². The van der Waals surface area contributed by atoms with Crippen LogP contribution >= 0.6 is 27.7 Å². The van der Waals surface area contributed by atoms with E-state index in [9.17, 15) is 18.0 Å². The predicted octanol–water partition coefficient (Wildman–Crippen LogP) is 4.69. The van der Waals surface area contributed by atoms with Crippen molar-refractivity contribution in [3.05, 3.63) is 33.3 Å². The van der Waals surface area contributed by atoms with E-state index in [0.29, 0.717) is 35.7 Å². The normalized spacial score (nSPS) is 14.6. The summed E-state index contributed by atoms with van der Waals surface area (Å²) in [6, 6.07) is 1.44. The van der Waals surface area contributed by atoms with Gasteiger partial charge in [-0.15, -0.1) is 0 Å². The number of alkyl halides is 3. The summed E-state index contributed by atoms with van der Waals surface area (Å²) < 4.78 is 45.5. The summed E-state index contributed by atoms with van der Waals surface area (Å²) in [5.74, 6) is 0.0772. The van der Waals surface area contributed by atoms with Crippen molar-refractivity contribution in [1.82, 2.24) is 9.97 Å². The maximum atomic E-state index is 13.3. The number of carbonyl (C=O) groups is 1. The monoisotopic (exact) mass is 406 g/mol. The van der Waals surface area contributed by atoms with Crippen molar-refractivity contribution < 1.29 is 22.4 Å². The highest BCUT2D eigenvalue weighted by Gasteiger charge is 2.38. The molecule has 0 unspecified atom stereocenters. The summed E-state index contributed by atoms with van der Waals surface area (Å²) in [5.41, 5.74) is -0.234. The van der Waals surface area contributed by atoms with E-state index < -0.39 is 11.9 Å². The quantitative estimate of drug-likeness (QED) is 0.546. The Balaban J connectivity index is 2.02. The first-order valence-corrected chi connectivity index (χ1v) is 8.39. The average molecular weight is 407 g/mol. The molecule has 23 heavy (non-hydrogen) atoms. The average Bonchev–Trinajstić information content (AvgIpc) is 2.86.